The van der Waals surface area contributed by atoms with E-state index in [9.17, 15) is 4.79 Å². The van der Waals surface area contributed by atoms with E-state index in [-0.39, 0.29) is 0 Å². The molecule has 0 fully saturated rings. The third-order valence-corrected chi connectivity index (χ3v) is 2.89. The van der Waals surface area contributed by atoms with Crippen molar-refractivity contribution in [1.82, 2.24) is 4.48 Å². The molecule has 0 atom stereocenters. The first-order valence-electron chi connectivity index (χ1n) is 5.09. The van der Waals surface area contributed by atoms with Crippen LogP contribution in [0, 0.1) is 0 Å². The van der Waals surface area contributed by atoms with Crippen molar-refractivity contribution in [2.45, 2.75) is 0 Å². The van der Waals surface area contributed by atoms with Crippen molar-refractivity contribution in [3.8, 4) is 0 Å². The topological polar surface area (TPSA) is 43.1 Å². The summed E-state index contributed by atoms with van der Waals surface area (Å²) in [4.78, 5) is 11.2. The fraction of sp³-hybridized carbons (Fsp3) is 0.154. The van der Waals surface area contributed by atoms with Crippen LogP contribution in [-0.2, 0) is 4.79 Å². The largest absolute Gasteiger partial charge is 0.366 e. The molecule has 0 bridgehead atoms. The Hall–Kier alpha value is -1.87. The highest BCUT2D eigenvalue weighted by Gasteiger charge is 2.32. The van der Waals surface area contributed by atoms with Gasteiger partial charge in [0.25, 0.3) is 0 Å². The van der Waals surface area contributed by atoms with E-state index in [0.29, 0.717) is 10.1 Å². The molecule has 0 saturated carbocycles. The lowest BCUT2D eigenvalue weighted by molar-refractivity contribution is -0.114. The lowest BCUT2D eigenvalue weighted by Gasteiger charge is -2.20. The van der Waals surface area contributed by atoms with Gasteiger partial charge < -0.3 is 5.73 Å². The van der Waals surface area contributed by atoms with Gasteiger partial charge in [-0.2, -0.15) is 0 Å². The maximum Gasteiger partial charge on any atom is 0.248 e. The number of hydrogen-bond acceptors (Lipinski definition) is 1. The minimum Gasteiger partial charge on any atom is -0.366 e. The van der Waals surface area contributed by atoms with Crippen LogP contribution in [0.5, 0.6) is 0 Å². The van der Waals surface area contributed by atoms with E-state index in [0.717, 1.165) is 16.8 Å². The van der Waals surface area contributed by atoms with Crippen LogP contribution in [0.4, 0.5) is 5.69 Å². The van der Waals surface area contributed by atoms with Crippen LogP contribution in [0.25, 0.3) is 5.57 Å². The van der Waals surface area contributed by atoms with E-state index in [4.69, 9.17) is 5.73 Å². The first-order valence-corrected chi connectivity index (χ1v) is 5.09. The summed E-state index contributed by atoms with van der Waals surface area (Å²) >= 11 is 0. The molecule has 0 radical (unpaired) electrons. The number of fused-ring (bicyclic) bond motifs is 1. The number of carbonyl (C=O) groups is 1. The van der Waals surface area contributed by atoms with Crippen molar-refractivity contribution in [3.05, 3.63) is 48.2 Å². The zero-order chi connectivity index (χ0) is 11.9. The Balaban J connectivity index is 2.59. The molecule has 0 spiro atoms. The van der Waals surface area contributed by atoms with Gasteiger partial charge in [0.1, 0.15) is 11.9 Å². The molecule has 2 rings (SSSR count). The van der Waals surface area contributed by atoms with Gasteiger partial charge in [-0.05, 0) is 6.07 Å². The second-order valence-corrected chi connectivity index (χ2v) is 4.44. The molecule has 1 aliphatic heterocycles. The van der Waals surface area contributed by atoms with Crippen LogP contribution in [0.3, 0.4) is 0 Å². The van der Waals surface area contributed by atoms with Gasteiger partial charge in [0.2, 0.25) is 5.91 Å². The summed E-state index contributed by atoms with van der Waals surface area (Å²) in [6.07, 6.45) is 2.00. The Morgan fingerprint density at radius 2 is 1.94 bits per heavy atom. The molecule has 1 heterocycles. The van der Waals surface area contributed by atoms with Crippen LogP contribution in [0.2, 0.25) is 0 Å². The first-order chi connectivity index (χ1) is 7.43. The third-order valence-electron chi connectivity index (χ3n) is 2.89. The molecule has 0 aliphatic carbocycles. The minimum absolute atomic E-state index is 0.371. The summed E-state index contributed by atoms with van der Waals surface area (Å²) in [5, 5.41) is 0. The fourth-order valence-corrected chi connectivity index (χ4v) is 2.04. The standard InChI is InChI=1S/C13H14N2O/c1-9(13(14)16)11-8-15(2,3)12-7-5-4-6-10(11)12/h4-8H,1H2,2-3H3,(H-,14,16)/p+1. The van der Waals surface area contributed by atoms with Crippen LogP contribution in [0.15, 0.2) is 42.6 Å². The number of hydrogen-bond donors (Lipinski definition) is 1. The molecule has 1 aromatic rings. The Labute approximate surface area is 95.1 Å². The average Bonchev–Trinajstić information content (AvgIpc) is 2.51. The van der Waals surface area contributed by atoms with Gasteiger partial charge in [0, 0.05) is 17.2 Å². The molecule has 0 saturated heterocycles. The zero-order valence-electron chi connectivity index (χ0n) is 9.53. The molecule has 2 N–H and O–H groups in total. The Kier molecular flexibility index (Phi) is 2.21. The summed E-state index contributed by atoms with van der Waals surface area (Å²) in [6.45, 7) is 3.75. The Morgan fingerprint density at radius 3 is 2.56 bits per heavy atom. The maximum absolute atomic E-state index is 11.2. The number of carbonyl (C=O) groups excluding carboxylic acids is 1. The normalized spacial score (nSPS) is 16.5. The van der Waals surface area contributed by atoms with Gasteiger partial charge in [-0.25, -0.2) is 0 Å². The summed E-state index contributed by atoms with van der Waals surface area (Å²) in [5.41, 5.74) is 8.68. The number of primary amides is 1. The summed E-state index contributed by atoms with van der Waals surface area (Å²) in [5.74, 6) is -0.469. The fourth-order valence-electron chi connectivity index (χ4n) is 2.04. The maximum atomic E-state index is 11.2. The van der Waals surface area contributed by atoms with Gasteiger partial charge in [0.05, 0.1) is 19.7 Å². The van der Waals surface area contributed by atoms with E-state index in [2.05, 4.69) is 20.7 Å². The number of rotatable bonds is 2. The quantitative estimate of drug-likeness (QED) is 0.591. The highest BCUT2D eigenvalue weighted by molar-refractivity contribution is 6.10. The van der Waals surface area contributed by atoms with Gasteiger partial charge in [-0.1, -0.05) is 18.7 Å². The number of quaternary nitrogens is 1. The monoisotopic (exact) mass is 215 g/mol. The molecule has 1 aliphatic rings. The molecule has 16 heavy (non-hydrogen) atoms. The van der Waals surface area contributed by atoms with Gasteiger partial charge in [-0.15, -0.1) is 0 Å². The van der Waals surface area contributed by atoms with Gasteiger partial charge >= 0.3 is 0 Å². The van der Waals surface area contributed by atoms with Crippen molar-refractivity contribution in [3.63, 3.8) is 0 Å². The molecule has 82 valence electrons. The van der Waals surface area contributed by atoms with Crippen LogP contribution < -0.4 is 10.2 Å². The highest BCUT2D eigenvalue weighted by atomic mass is 16.1. The predicted molar refractivity (Wildman–Crippen MR) is 66.4 cm³/mol. The van der Waals surface area contributed by atoms with Crippen molar-refractivity contribution in [2.24, 2.45) is 5.73 Å². The van der Waals surface area contributed by atoms with Crippen molar-refractivity contribution < 1.29 is 4.79 Å². The average molecular weight is 215 g/mol. The molecular formula is C13H15N2O+. The van der Waals surface area contributed by atoms with Crippen LogP contribution >= 0.6 is 0 Å². The Bertz CT molecular complexity index is 512. The van der Waals surface area contributed by atoms with Crippen LogP contribution in [-0.4, -0.2) is 20.0 Å². The van der Waals surface area contributed by atoms with E-state index >= 15 is 0 Å². The van der Waals surface area contributed by atoms with E-state index in [1.165, 1.54) is 0 Å². The van der Waals surface area contributed by atoms with Crippen molar-refractivity contribution in [1.29, 1.82) is 0 Å². The molecular weight excluding hydrogens is 200 g/mol. The summed E-state index contributed by atoms with van der Waals surface area (Å²) < 4.78 is 0.609. The van der Waals surface area contributed by atoms with Crippen molar-refractivity contribution >= 4 is 17.2 Å². The number of amides is 1. The van der Waals surface area contributed by atoms with E-state index < -0.39 is 5.91 Å². The number of nitrogens with zero attached hydrogens (tertiary/aromatic N) is 1. The summed E-state index contributed by atoms with van der Waals surface area (Å²) in [6, 6.07) is 7.98. The van der Waals surface area contributed by atoms with Gasteiger partial charge in [0.15, 0.2) is 0 Å². The second-order valence-electron chi connectivity index (χ2n) is 4.44. The second kappa shape index (κ2) is 3.32. The molecule has 3 heteroatoms. The van der Waals surface area contributed by atoms with Crippen molar-refractivity contribution in [2.75, 3.05) is 14.1 Å². The minimum atomic E-state index is -0.469. The molecule has 3 nitrogen and oxygen atoms in total. The number of para-hydroxylation sites is 1. The molecule has 1 amide bonds. The van der Waals surface area contributed by atoms with Gasteiger partial charge in [-0.3, -0.25) is 9.28 Å². The lowest BCUT2D eigenvalue weighted by atomic mass is 10.0. The zero-order valence-corrected chi connectivity index (χ0v) is 9.53. The number of benzene rings is 1. The highest BCUT2D eigenvalue weighted by Crippen LogP contribution is 2.40. The van der Waals surface area contributed by atoms with E-state index in [1.54, 1.807) is 0 Å². The van der Waals surface area contributed by atoms with Crippen LogP contribution in [0.1, 0.15) is 5.56 Å². The smallest absolute Gasteiger partial charge is 0.248 e. The SMILES string of the molecule is C=C(C(N)=O)C1=C[N+](C)(C)c2ccccc21. The summed E-state index contributed by atoms with van der Waals surface area (Å²) in [7, 11) is 4.11. The molecule has 0 aromatic heterocycles. The lowest BCUT2D eigenvalue weighted by Crippen LogP contribution is -2.31. The predicted octanol–water partition coefficient (Wildman–Crippen LogP) is 1.65. The number of nitrogens with two attached hydrogens (primary N) is 1. The third kappa shape index (κ3) is 1.46. The molecule has 1 aromatic carbocycles. The molecule has 0 unspecified atom stereocenters. The first kappa shape index (κ1) is 10.6. The Morgan fingerprint density at radius 1 is 1.31 bits per heavy atom. The van der Waals surface area contributed by atoms with E-state index in [1.807, 2.05) is 30.5 Å².